The van der Waals surface area contributed by atoms with Crippen LogP contribution in [0.5, 0.6) is 5.75 Å². The first-order chi connectivity index (χ1) is 15.8. The van der Waals surface area contributed by atoms with Crippen molar-refractivity contribution in [3.8, 4) is 5.75 Å². The zero-order valence-corrected chi connectivity index (χ0v) is 20.0. The summed E-state index contributed by atoms with van der Waals surface area (Å²) in [7, 11) is 0. The highest BCUT2D eigenvalue weighted by molar-refractivity contribution is 9.11. The van der Waals surface area contributed by atoms with Gasteiger partial charge in [0.15, 0.2) is 0 Å². The molecule has 1 fully saturated rings. The number of amides is 4. The van der Waals surface area contributed by atoms with Gasteiger partial charge in [0.25, 0.3) is 11.8 Å². The number of nitrogens with one attached hydrogen (secondary N) is 1. The molecular weight excluding hydrogens is 559 g/mol. The van der Waals surface area contributed by atoms with Crippen LogP contribution in [-0.2, 0) is 16.2 Å². The molecule has 0 aromatic heterocycles. The Morgan fingerprint density at radius 1 is 0.939 bits per heavy atom. The predicted octanol–water partition coefficient (Wildman–Crippen LogP) is 5.60. The summed E-state index contributed by atoms with van der Waals surface area (Å²) in [4.78, 5) is 38.5. The lowest BCUT2D eigenvalue weighted by Gasteiger charge is -2.26. The maximum atomic E-state index is 13.4. The molecule has 4 rings (SSSR count). The Hall–Kier alpha value is -3.30. The molecule has 0 spiro atoms. The fraction of sp³-hybridized carbons (Fsp3) is 0.0417. The zero-order chi connectivity index (χ0) is 23.5. The van der Waals surface area contributed by atoms with E-state index >= 15 is 0 Å². The molecule has 4 amide bonds. The van der Waals surface area contributed by atoms with Gasteiger partial charge >= 0.3 is 6.03 Å². The third-order valence-electron chi connectivity index (χ3n) is 4.72. The predicted molar refractivity (Wildman–Crippen MR) is 128 cm³/mol. The Morgan fingerprint density at radius 2 is 1.64 bits per heavy atom. The monoisotopic (exact) mass is 572 g/mol. The minimum atomic E-state index is -0.809. The highest BCUT2D eigenvalue weighted by atomic mass is 79.9. The van der Waals surface area contributed by atoms with Crippen molar-refractivity contribution in [2.45, 2.75) is 6.61 Å². The molecule has 1 aliphatic rings. The summed E-state index contributed by atoms with van der Waals surface area (Å²) >= 11 is 6.86. The summed E-state index contributed by atoms with van der Waals surface area (Å²) in [5.74, 6) is -1.39. The smallest absolute Gasteiger partial charge is 0.335 e. The summed E-state index contributed by atoms with van der Waals surface area (Å²) in [6.07, 6.45) is 1.39. The average molecular weight is 574 g/mol. The Kier molecular flexibility index (Phi) is 6.71. The lowest BCUT2D eigenvalue weighted by molar-refractivity contribution is -0.122. The van der Waals surface area contributed by atoms with Crippen LogP contribution in [0.25, 0.3) is 6.08 Å². The first-order valence-corrected chi connectivity index (χ1v) is 11.2. The van der Waals surface area contributed by atoms with Crippen LogP contribution in [0, 0.1) is 5.82 Å². The first-order valence-electron chi connectivity index (χ1n) is 9.66. The lowest BCUT2D eigenvalue weighted by Crippen LogP contribution is -2.54. The third kappa shape index (κ3) is 5.04. The summed E-state index contributed by atoms with van der Waals surface area (Å²) in [6.45, 7) is 0.143. The van der Waals surface area contributed by atoms with E-state index in [-0.39, 0.29) is 18.0 Å². The highest BCUT2D eigenvalue weighted by Crippen LogP contribution is 2.36. The van der Waals surface area contributed by atoms with Gasteiger partial charge in [-0.3, -0.25) is 14.9 Å². The Labute approximate surface area is 205 Å². The number of ether oxygens (including phenoxy) is 1. The van der Waals surface area contributed by atoms with Gasteiger partial charge in [0.05, 0.1) is 14.6 Å². The molecule has 0 atom stereocenters. The molecule has 33 heavy (non-hydrogen) atoms. The molecule has 166 valence electrons. The van der Waals surface area contributed by atoms with Crippen molar-refractivity contribution in [2.24, 2.45) is 0 Å². The van der Waals surface area contributed by atoms with Crippen molar-refractivity contribution in [1.82, 2.24) is 5.32 Å². The molecule has 0 unspecified atom stereocenters. The van der Waals surface area contributed by atoms with Gasteiger partial charge in [-0.25, -0.2) is 14.1 Å². The second-order valence-electron chi connectivity index (χ2n) is 7.03. The number of urea groups is 1. The number of para-hydroxylation sites is 1. The molecular formula is C24H15Br2FN2O4. The van der Waals surface area contributed by atoms with Gasteiger partial charge in [0.2, 0.25) is 0 Å². The van der Waals surface area contributed by atoms with E-state index in [0.717, 1.165) is 4.90 Å². The van der Waals surface area contributed by atoms with Crippen LogP contribution in [0.15, 0.2) is 81.2 Å². The maximum absolute atomic E-state index is 13.4. The number of rotatable bonds is 5. The molecule has 0 bridgehead atoms. The van der Waals surface area contributed by atoms with Crippen LogP contribution in [0.4, 0.5) is 14.9 Å². The van der Waals surface area contributed by atoms with E-state index in [1.165, 1.54) is 18.2 Å². The summed E-state index contributed by atoms with van der Waals surface area (Å²) in [5, 5.41) is 2.19. The molecule has 9 heteroatoms. The summed E-state index contributed by atoms with van der Waals surface area (Å²) in [5.41, 5.74) is 1.34. The van der Waals surface area contributed by atoms with Crippen molar-refractivity contribution >= 4 is 61.5 Å². The van der Waals surface area contributed by atoms with Gasteiger partial charge < -0.3 is 4.74 Å². The van der Waals surface area contributed by atoms with Crippen LogP contribution in [0.3, 0.4) is 0 Å². The number of hydrogen-bond acceptors (Lipinski definition) is 4. The number of anilines is 1. The Balaban J connectivity index is 1.60. The van der Waals surface area contributed by atoms with E-state index in [1.807, 2.05) is 0 Å². The van der Waals surface area contributed by atoms with Crippen molar-refractivity contribution in [1.29, 1.82) is 0 Å². The van der Waals surface area contributed by atoms with Gasteiger partial charge in [-0.15, -0.1) is 0 Å². The number of carbonyl (C=O) groups is 3. The molecule has 1 aliphatic heterocycles. The molecule has 1 saturated heterocycles. The van der Waals surface area contributed by atoms with Crippen LogP contribution in [-0.4, -0.2) is 17.8 Å². The molecule has 0 saturated carbocycles. The maximum Gasteiger partial charge on any atom is 0.335 e. The van der Waals surface area contributed by atoms with Crippen LogP contribution >= 0.6 is 31.9 Å². The molecule has 0 radical (unpaired) electrons. The van der Waals surface area contributed by atoms with Crippen LogP contribution in [0.1, 0.15) is 11.1 Å². The fourth-order valence-electron chi connectivity index (χ4n) is 3.22. The molecule has 3 aromatic rings. The van der Waals surface area contributed by atoms with Gasteiger partial charge in [0.1, 0.15) is 23.7 Å². The molecule has 0 aliphatic carbocycles. The SMILES string of the molecule is O=C1NC(=O)N(c2ccccc2)C(=O)/C1=C/c1cc(Br)c(OCc2cccc(F)c2)c(Br)c1. The quantitative estimate of drug-likeness (QED) is 0.319. The van der Waals surface area contributed by atoms with E-state index in [2.05, 4.69) is 37.2 Å². The minimum absolute atomic E-state index is 0.143. The lowest BCUT2D eigenvalue weighted by atomic mass is 10.1. The third-order valence-corrected chi connectivity index (χ3v) is 5.90. The Bertz CT molecular complexity index is 1270. The first kappa shape index (κ1) is 22.9. The number of nitrogens with zero attached hydrogens (tertiary/aromatic N) is 1. The van der Waals surface area contributed by atoms with E-state index in [1.54, 1.807) is 54.6 Å². The number of halogens is 3. The second kappa shape index (κ2) is 9.68. The average Bonchev–Trinajstić information content (AvgIpc) is 2.77. The van der Waals surface area contributed by atoms with Gasteiger partial charge in [-0.1, -0.05) is 30.3 Å². The van der Waals surface area contributed by atoms with Gasteiger partial charge in [-0.2, -0.15) is 0 Å². The summed E-state index contributed by atoms with van der Waals surface area (Å²) in [6, 6.07) is 16.9. The van der Waals surface area contributed by atoms with Crippen molar-refractivity contribution in [3.05, 3.63) is 98.2 Å². The van der Waals surface area contributed by atoms with Crippen molar-refractivity contribution < 1.29 is 23.5 Å². The molecule has 1 heterocycles. The van der Waals surface area contributed by atoms with Gasteiger partial charge in [0, 0.05) is 0 Å². The zero-order valence-electron chi connectivity index (χ0n) is 16.8. The van der Waals surface area contributed by atoms with Crippen molar-refractivity contribution in [2.75, 3.05) is 4.90 Å². The number of imide groups is 2. The van der Waals surface area contributed by atoms with E-state index in [4.69, 9.17) is 4.74 Å². The van der Waals surface area contributed by atoms with Crippen LogP contribution < -0.4 is 15.0 Å². The molecule has 1 N–H and O–H groups in total. The molecule has 3 aromatic carbocycles. The number of hydrogen-bond donors (Lipinski definition) is 1. The van der Waals surface area contributed by atoms with E-state index in [9.17, 15) is 18.8 Å². The van der Waals surface area contributed by atoms with E-state index < -0.39 is 17.8 Å². The highest BCUT2D eigenvalue weighted by Gasteiger charge is 2.36. The normalized spacial score (nSPS) is 15.1. The molecule has 6 nitrogen and oxygen atoms in total. The Morgan fingerprint density at radius 3 is 2.30 bits per heavy atom. The fourth-order valence-corrected chi connectivity index (χ4v) is 4.67. The standard InChI is InChI=1S/C24H15Br2FN2O4/c25-19-11-15(12-20(26)21(19)33-13-14-5-4-6-16(27)9-14)10-18-22(30)28-24(32)29(23(18)31)17-7-2-1-3-8-17/h1-12H,13H2,(H,28,30,32)/b18-10+. The number of carbonyl (C=O) groups excluding carboxylic acids is 3. The second-order valence-corrected chi connectivity index (χ2v) is 8.73. The largest absolute Gasteiger partial charge is 0.487 e. The summed E-state index contributed by atoms with van der Waals surface area (Å²) < 4.78 is 20.3. The van der Waals surface area contributed by atoms with Crippen LogP contribution in [0.2, 0.25) is 0 Å². The van der Waals surface area contributed by atoms with E-state index in [0.29, 0.717) is 31.5 Å². The van der Waals surface area contributed by atoms with Gasteiger partial charge in [-0.05, 0) is 85.5 Å². The topological polar surface area (TPSA) is 75.7 Å². The number of benzene rings is 3. The van der Waals surface area contributed by atoms with Crippen molar-refractivity contribution in [3.63, 3.8) is 0 Å². The minimum Gasteiger partial charge on any atom is -0.487 e. The number of barbiturate groups is 1.